The highest BCUT2D eigenvalue weighted by atomic mass is 79.9. The highest BCUT2D eigenvalue weighted by molar-refractivity contribution is 9.10. The van der Waals surface area contributed by atoms with Gasteiger partial charge in [0.1, 0.15) is 13.2 Å². The molecule has 0 spiro atoms. The lowest BCUT2D eigenvalue weighted by Gasteiger charge is -2.21. The Bertz CT molecular complexity index is 436. The van der Waals surface area contributed by atoms with E-state index in [1.807, 2.05) is 0 Å². The maximum absolute atomic E-state index is 5.63. The second-order valence-corrected chi connectivity index (χ2v) is 5.66. The number of likely N-dealkylation sites (N-methyl/N-ethyl adjacent to an activating group) is 1. The molecule has 0 radical (unpaired) electrons. The minimum absolute atomic E-state index is 0.618. The second kappa shape index (κ2) is 7.86. The lowest BCUT2D eigenvalue weighted by Crippen LogP contribution is -2.31. The molecule has 1 aromatic carbocycles. The Labute approximate surface area is 129 Å². The minimum atomic E-state index is 0.618. The summed E-state index contributed by atoms with van der Waals surface area (Å²) in [5, 5.41) is 3.48. The summed E-state index contributed by atoms with van der Waals surface area (Å²) in [5.41, 5.74) is 1.21. The zero-order chi connectivity index (χ0) is 14.4. The van der Waals surface area contributed by atoms with Gasteiger partial charge in [0.2, 0.25) is 0 Å². The standard InChI is InChI=1S/C15H23BrN2O2/c1-3-18(4-2)6-5-17-11-12-9-13(16)15-14(10-12)19-7-8-20-15/h9-10,17H,3-8,11H2,1-2H3. The van der Waals surface area contributed by atoms with E-state index in [1.54, 1.807) is 0 Å². The Morgan fingerprint density at radius 3 is 2.70 bits per heavy atom. The molecular formula is C15H23BrN2O2. The van der Waals surface area contributed by atoms with Crippen molar-refractivity contribution in [3.05, 3.63) is 22.2 Å². The van der Waals surface area contributed by atoms with Crippen molar-refractivity contribution >= 4 is 15.9 Å². The Hall–Kier alpha value is -0.780. The van der Waals surface area contributed by atoms with Gasteiger partial charge in [0.05, 0.1) is 4.47 Å². The van der Waals surface area contributed by atoms with Crippen LogP contribution in [-0.4, -0.2) is 44.3 Å². The summed E-state index contributed by atoms with van der Waals surface area (Å²) in [6.45, 7) is 10.8. The van der Waals surface area contributed by atoms with Gasteiger partial charge in [-0.2, -0.15) is 0 Å². The van der Waals surface area contributed by atoms with Crippen LogP contribution in [0.2, 0.25) is 0 Å². The van der Waals surface area contributed by atoms with E-state index in [4.69, 9.17) is 9.47 Å². The Morgan fingerprint density at radius 2 is 1.95 bits per heavy atom. The van der Waals surface area contributed by atoms with Crippen LogP contribution in [0.25, 0.3) is 0 Å². The van der Waals surface area contributed by atoms with Gasteiger partial charge in [-0.15, -0.1) is 0 Å². The summed E-state index contributed by atoms with van der Waals surface area (Å²) in [5.74, 6) is 1.66. The van der Waals surface area contributed by atoms with E-state index >= 15 is 0 Å². The van der Waals surface area contributed by atoms with Gasteiger partial charge >= 0.3 is 0 Å². The van der Waals surface area contributed by atoms with E-state index in [9.17, 15) is 0 Å². The third-order valence-corrected chi connectivity index (χ3v) is 4.07. The van der Waals surface area contributed by atoms with Crippen LogP contribution in [0, 0.1) is 0 Å². The molecule has 0 unspecified atom stereocenters. The third kappa shape index (κ3) is 4.11. The number of ether oxygens (including phenoxy) is 2. The van der Waals surface area contributed by atoms with Crippen LogP contribution in [0.15, 0.2) is 16.6 Å². The van der Waals surface area contributed by atoms with Crippen molar-refractivity contribution in [3.8, 4) is 11.5 Å². The highest BCUT2D eigenvalue weighted by Gasteiger charge is 2.16. The number of nitrogens with one attached hydrogen (secondary N) is 1. The fourth-order valence-electron chi connectivity index (χ4n) is 2.28. The molecular weight excluding hydrogens is 320 g/mol. The van der Waals surface area contributed by atoms with Crippen LogP contribution in [0.5, 0.6) is 11.5 Å². The molecule has 0 amide bonds. The zero-order valence-electron chi connectivity index (χ0n) is 12.2. The molecule has 2 rings (SSSR count). The summed E-state index contributed by atoms with van der Waals surface area (Å²) < 4.78 is 12.2. The van der Waals surface area contributed by atoms with Gasteiger partial charge in [-0.3, -0.25) is 0 Å². The third-order valence-electron chi connectivity index (χ3n) is 3.48. The first kappa shape index (κ1) is 15.6. The molecule has 0 bridgehead atoms. The molecule has 4 nitrogen and oxygen atoms in total. The minimum Gasteiger partial charge on any atom is -0.486 e. The normalized spacial score (nSPS) is 13.8. The lowest BCUT2D eigenvalue weighted by molar-refractivity contribution is 0.170. The van der Waals surface area contributed by atoms with E-state index in [1.165, 1.54) is 5.56 Å². The smallest absolute Gasteiger partial charge is 0.175 e. The molecule has 112 valence electrons. The van der Waals surface area contributed by atoms with Crippen molar-refractivity contribution in [1.82, 2.24) is 10.2 Å². The summed E-state index contributed by atoms with van der Waals surface area (Å²) in [4.78, 5) is 2.41. The van der Waals surface area contributed by atoms with Gasteiger partial charge in [0, 0.05) is 19.6 Å². The van der Waals surface area contributed by atoms with Gasteiger partial charge in [-0.1, -0.05) is 13.8 Å². The van der Waals surface area contributed by atoms with Crippen molar-refractivity contribution in [2.24, 2.45) is 0 Å². The topological polar surface area (TPSA) is 33.7 Å². The molecule has 1 heterocycles. The molecule has 0 atom stereocenters. The first-order valence-corrected chi connectivity index (χ1v) is 8.05. The molecule has 0 aromatic heterocycles. The molecule has 5 heteroatoms. The van der Waals surface area contributed by atoms with Crippen LogP contribution in [0.3, 0.4) is 0 Å². The number of fused-ring (bicyclic) bond motifs is 1. The molecule has 0 aliphatic carbocycles. The first-order chi connectivity index (χ1) is 9.74. The molecule has 1 aromatic rings. The fourth-order valence-corrected chi connectivity index (χ4v) is 2.88. The van der Waals surface area contributed by atoms with Crippen molar-refractivity contribution < 1.29 is 9.47 Å². The van der Waals surface area contributed by atoms with E-state index in [0.29, 0.717) is 13.2 Å². The number of hydrogen-bond donors (Lipinski definition) is 1. The van der Waals surface area contributed by atoms with Gasteiger partial charge in [-0.05, 0) is 46.7 Å². The largest absolute Gasteiger partial charge is 0.486 e. The molecule has 0 fully saturated rings. The molecule has 0 saturated carbocycles. The van der Waals surface area contributed by atoms with E-state index in [0.717, 1.165) is 48.7 Å². The summed E-state index contributed by atoms with van der Waals surface area (Å²) >= 11 is 3.55. The number of benzene rings is 1. The summed E-state index contributed by atoms with van der Waals surface area (Å²) in [6, 6.07) is 4.15. The van der Waals surface area contributed by atoms with Crippen LogP contribution in [-0.2, 0) is 6.54 Å². The van der Waals surface area contributed by atoms with E-state index in [2.05, 4.69) is 52.1 Å². The predicted molar refractivity (Wildman–Crippen MR) is 84.6 cm³/mol. The summed E-state index contributed by atoms with van der Waals surface area (Å²) in [7, 11) is 0. The molecule has 20 heavy (non-hydrogen) atoms. The lowest BCUT2D eigenvalue weighted by atomic mass is 10.2. The Morgan fingerprint density at radius 1 is 1.20 bits per heavy atom. The molecule has 0 saturated heterocycles. The van der Waals surface area contributed by atoms with Crippen molar-refractivity contribution in [3.63, 3.8) is 0 Å². The Balaban J connectivity index is 1.86. The Kier molecular flexibility index (Phi) is 6.13. The zero-order valence-corrected chi connectivity index (χ0v) is 13.8. The first-order valence-electron chi connectivity index (χ1n) is 7.25. The monoisotopic (exact) mass is 342 g/mol. The van der Waals surface area contributed by atoms with E-state index in [-0.39, 0.29) is 0 Å². The number of nitrogens with zero attached hydrogens (tertiary/aromatic N) is 1. The average Bonchev–Trinajstić information content (AvgIpc) is 2.47. The average molecular weight is 343 g/mol. The van der Waals surface area contributed by atoms with Crippen LogP contribution in [0.1, 0.15) is 19.4 Å². The van der Waals surface area contributed by atoms with Crippen molar-refractivity contribution in [2.75, 3.05) is 39.4 Å². The molecule has 1 aliphatic heterocycles. The molecule has 1 aliphatic rings. The number of hydrogen-bond acceptors (Lipinski definition) is 4. The predicted octanol–water partition coefficient (Wildman–Crippen LogP) is 2.65. The van der Waals surface area contributed by atoms with Crippen molar-refractivity contribution in [1.29, 1.82) is 0 Å². The maximum Gasteiger partial charge on any atom is 0.175 e. The van der Waals surface area contributed by atoms with Gasteiger partial charge < -0.3 is 19.7 Å². The summed E-state index contributed by atoms with van der Waals surface area (Å²) in [6.07, 6.45) is 0. The van der Waals surface area contributed by atoms with Crippen molar-refractivity contribution in [2.45, 2.75) is 20.4 Å². The SMILES string of the molecule is CCN(CC)CCNCc1cc(Br)c2c(c1)OCCO2. The van der Waals surface area contributed by atoms with Gasteiger partial charge in [-0.25, -0.2) is 0 Å². The van der Waals surface area contributed by atoms with Crippen LogP contribution in [0.4, 0.5) is 0 Å². The van der Waals surface area contributed by atoms with Crippen LogP contribution < -0.4 is 14.8 Å². The number of halogens is 1. The highest BCUT2D eigenvalue weighted by Crippen LogP contribution is 2.38. The number of rotatable bonds is 7. The quantitative estimate of drug-likeness (QED) is 0.772. The maximum atomic E-state index is 5.63. The molecule has 1 N–H and O–H groups in total. The van der Waals surface area contributed by atoms with Gasteiger partial charge in [0.25, 0.3) is 0 Å². The van der Waals surface area contributed by atoms with E-state index < -0.39 is 0 Å². The fraction of sp³-hybridized carbons (Fsp3) is 0.600. The second-order valence-electron chi connectivity index (χ2n) is 4.81. The van der Waals surface area contributed by atoms with Crippen LogP contribution >= 0.6 is 15.9 Å². The van der Waals surface area contributed by atoms with Gasteiger partial charge in [0.15, 0.2) is 11.5 Å².